The molecule has 1 amide bonds. The average Bonchev–Trinajstić information content (AvgIpc) is 2.38. The molecule has 0 aliphatic carbocycles. The van der Waals surface area contributed by atoms with Crippen molar-refractivity contribution >= 4 is 15.9 Å². The molecule has 0 aliphatic rings. The minimum Gasteiger partial charge on any atom is -0.350 e. The van der Waals surface area contributed by atoms with E-state index in [1.54, 1.807) is 13.0 Å². The van der Waals surface area contributed by atoms with Crippen LogP contribution in [0.3, 0.4) is 0 Å². The maximum absolute atomic E-state index is 12.2. The zero-order valence-electron chi connectivity index (χ0n) is 12.6. The Kier molecular flexibility index (Phi) is 5.30. The van der Waals surface area contributed by atoms with Crippen LogP contribution in [-0.2, 0) is 10.0 Å². The predicted molar refractivity (Wildman–Crippen MR) is 79.3 cm³/mol. The van der Waals surface area contributed by atoms with E-state index >= 15 is 0 Å². The van der Waals surface area contributed by atoms with Gasteiger partial charge in [0, 0.05) is 25.7 Å². The molecule has 0 radical (unpaired) electrons. The highest BCUT2D eigenvalue weighted by atomic mass is 32.2. The van der Waals surface area contributed by atoms with Crippen molar-refractivity contribution in [2.45, 2.75) is 38.1 Å². The van der Waals surface area contributed by atoms with Gasteiger partial charge < -0.3 is 5.32 Å². The molecular weight excluding hydrogens is 276 g/mol. The number of benzene rings is 1. The van der Waals surface area contributed by atoms with E-state index in [2.05, 4.69) is 5.32 Å². The summed E-state index contributed by atoms with van der Waals surface area (Å²) in [5, 5.41) is 2.85. The average molecular weight is 298 g/mol. The highest BCUT2D eigenvalue weighted by Gasteiger charge is 2.20. The van der Waals surface area contributed by atoms with Crippen molar-refractivity contribution in [2.75, 3.05) is 14.1 Å². The number of aryl methyl sites for hydroxylation is 1. The fourth-order valence-corrected chi connectivity index (χ4v) is 2.55. The third-order valence-corrected chi connectivity index (χ3v) is 5.03. The van der Waals surface area contributed by atoms with Crippen molar-refractivity contribution in [3.63, 3.8) is 0 Å². The van der Waals surface area contributed by atoms with E-state index in [1.807, 2.05) is 13.8 Å². The summed E-state index contributed by atoms with van der Waals surface area (Å²) in [6.07, 6.45) is 0.820. The van der Waals surface area contributed by atoms with E-state index < -0.39 is 10.0 Å². The van der Waals surface area contributed by atoms with Crippen molar-refractivity contribution in [1.29, 1.82) is 0 Å². The summed E-state index contributed by atoms with van der Waals surface area (Å²) in [6, 6.07) is 4.66. The number of hydrogen-bond donors (Lipinski definition) is 1. The first-order chi connectivity index (χ1) is 9.20. The molecular formula is C14H22N2O3S. The van der Waals surface area contributed by atoms with Gasteiger partial charge in [-0.25, -0.2) is 12.7 Å². The van der Waals surface area contributed by atoms with Gasteiger partial charge in [0.25, 0.3) is 5.91 Å². The summed E-state index contributed by atoms with van der Waals surface area (Å²) in [6.45, 7) is 5.68. The number of nitrogens with zero attached hydrogens (tertiary/aromatic N) is 1. The van der Waals surface area contributed by atoms with Crippen molar-refractivity contribution < 1.29 is 13.2 Å². The number of nitrogens with one attached hydrogen (secondary N) is 1. The highest BCUT2D eigenvalue weighted by Crippen LogP contribution is 2.18. The Morgan fingerprint density at radius 1 is 1.35 bits per heavy atom. The molecule has 20 heavy (non-hydrogen) atoms. The Morgan fingerprint density at radius 2 is 1.95 bits per heavy atom. The van der Waals surface area contributed by atoms with Crippen LogP contribution < -0.4 is 5.32 Å². The number of sulfonamides is 1. The third-order valence-electron chi connectivity index (χ3n) is 3.22. The largest absolute Gasteiger partial charge is 0.350 e. The topological polar surface area (TPSA) is 66.5 Å². The van der Waals surface area contributed by atoms with E-state index in [4.69, 9.17) is 0 Å². The van der Waals surface area contributed by atoms with Crippen LogP contribution in [0, 0.1) is 6.92 Å². The Morgan fingerprint density at radius 3 is 2.45 bits per heavy atom. The molecule has 0 bridgehead atoms. The lowest BCUT2D eigenvalue weighted by molar-refractivity contribution is 0.0938. The van der Waals surface area contributed by atoms with E-state index in [0.29, 0.717) is 5.56 Å². The highest BCUT2D eigenvalue weighted by molar-refractivity contribution is 7.89. The molecule has 0 spiro atoms. The van der Waals surface area contributed by atoms with Crippen LogP contribution in [0.4, 0.5) is 0 Å². The number of carbonyl (C=O) groups is 1. The smallest absolute Gasteiger partial charge is 0.251 e. The summed E-state index contributed by atoms with van der Waals surface area (Å²) in [7, 11) is -0.598. The van der Waals surface area contributed by atoms with Crippen LogP contribution in [0.15, 0.2) is 23.1 Å². The molecule has 1 aromatic carbocycles. The van der Waals surface area contributed by atoms with Gasteiger partial charge in [-0.3, -0.25) is 4.79 Å². The summed E-state index contributed by atoms with van der Waals surface area (Å²) >= 11 is 0. The second-order valence-electron chi connectivity index (χ2n) is 5.05. The molecule has 1 atom stereocenters. The van der Waals surface area contributed by atoms with Crippen LogP contribution in [0.25, 0.3) is 0 Å². The molecule has 0 saturated heterocycles. The van der Waals surface area contributed by atoms with E-state index in [9.17, 15) is 13.2 Å². The number of rotatable bonds is 5. The Labute approximate surface area is 121 Å². The molecule has 1 N–H and O–H groups in total. The third kappa shape index (κ3) is 3.58. The first-order valence-corrected chi connectivity index (χ1v) is 7.98. The standard InChI is InChI=1S/C14H22N2O3S/c1-6-11(3)15-14(17)13-9-12(8-7-10(13)2)20(18,19)16(4)5/h7-9,11H,6H2,1-5H3,(H,15,17)/t11-/m1/s1. The van der Waals surface area contributed by atoms with Crippen LogP contribution >= 0.6 is 0 Å². The lowest BCUT2D eigenvalue weighted by Gasteiger charge is -2.15. The van der Waals surface area contributed by atoms with Gasteiger partial charge in [-0.2, -0.15) is 0 Å². The first-order valence-electron chi connectivity index (χ1n) is 6.54. The second kappa shape index (κ2) is 6.37. The SMILES string of the molecule is CC[C@@H](C)NC(=O)c1cc(S(=O)(=O)N(C)C)ccc1C. The van der Waals surface area contributed by atoms with E-state index in [1.165, 1.54) is 26.2 Å². The van der Waals surface area contributed by atoms with Crippen LogP contribution in [-0.4, -0.2) is 38.8 Å². The van der Waals surface area contributed by atoms with Gasteiger partial charge in [0.05, 0.1) is 4.90 Å². The minimum atomic E-state index is -3.53. The Hall–Kier alpha value is -1.40. The van der Waals surface area contributed by atoms with Gasteiger partial charge in [-0.05, 0) is 38.0 Å². The lowest BCUT2D eigenvalue weighted by Crippen LogP contribution is -2.32. The Balaban J connectivity index is 3.20. The van der Waals surface area contributed by atoms with Crippen LogP contribution in [0.2, 0.25) is 0 Å². The predicted octanol–water partition coefficient (Wildman–Crippen LogP) is 1.77. The van der Waals surface area contributed by atoms with E-state index in [0.717, 1.165) is 16.3 Å². The molecule has 0 unspecified atom stereocenters. The number of carbonyl (C=O) groups excluding carboxylic acids is 1. The van der Waals surface area contributed by atoms with Crippen LogP contribution in [0.5, 0.6) is 0 Å². The maximum Gasteiger partial charge on any atom is 0.251 e. The molecule has 0 aliphatic heterocycles. The summed E-state index contributed by atoms with van der Waals surface area (Å²) in [4.78, 5) is 12.3. The summed E-state index contributed by atoms with van der Waals surface area (Å²) in [5.74, 6) is -0.243. The molecule has 112 valence electrons. The molecule has 0 saturated carbocycles. The maximum atomic E-state index is 12.2. The van der Waals surface area contributed by atoms with E-state index in [-0.39, 0.29) is 16.8 Å². The van der Waals surface area contributed by atoms with Gasteiger partial charge in [-0.1, -0.05) is 13.0 Å². The van der Waals surface area contributed by atoms with Gasteiger partial charge in [-0.15, -0.1) is 0 Å². The quantitative estimate of drug-likeness (QED) is 0.901. The fraction of sp³-hybridized carbons (Fsp3) is 0.500. The molecule has 0 fully saturated rings. The van der Waals surface area contributed by atoms with Gasteiger partial charge in [0.2, 0.25) is 10.0 Å². The number of amides is 1. The van der Waals surface area contributed by atoms with Crippen molar-refractivity contribution in [3.05, 3.63) is 29.3 Å². The molecule has 6 heteroatoms. The summed E-state index contributed by atoms with van der Waals surface area (Å²) < 4.78 is 25.3. The zero-order chi connectivity index (χ0) is 15.5. The molecule has 1 rings (SSSR count). The summed E-state index contributed by atoms with van der Waals surface area (Å²) in [5.41, 5.74) is 1.15. The normalized spacial score (nSPS) is 13.3. The lowest BCUT2D eigenvalue weighted by atomic mass is 10.1. The molecule has 0 aromatic heterocycles. The molecule has 0 heterocycles. The van der Waals surface area contributed by atoms with Gasteiger partial charge >= 0.3 is 0 Å². The molecule has 1 aromatic rings. The second-order valence-corrected chi connectivity index (χ2v) is 7.20. The first kappa shape index (κ1) is 16.7. The minimum absolute atomic E-state index is 0.0519. The fourth-order valence-electron chi connectivity index (χ4n) is 1.62. The van der Waals surface area contributed by atoms with Gasteiger partial charge in [0.1, 0.15) is 0 Å². The number of hydrogen-bond acceptors (Lipinski definition) is 3. The monoisotopic (exact) mass is 298 g/mol. The van der Waals surface area contributed by atoms with Crippen molar-refractivity contribution in [1.82, 2.24) is 9.62 Å². The van der Waals surface area contributed by atoms with Gasteiger partial charge in [0.15, 0.2) is 0 Å². The van der Waals surface area contributed by atoms with Crippen LogP contribution in [0.1, 0.15) is 36.2 Å². The Bertz CT molecular complexity index is 594. The van der Waals surface area contributed by atoms with Crippen molar-refractivity contribution in [3.8, 4) is 0 Å². The molecule has 5 nitrogen and oxygen atoms in total. The van der Waals surface area contributed by atoms with Crippen molar-refractivity contribution in [2.24, 2.45) is 0 Å². The zero-order valence-corrected chi connectivity index (χ0v) is 13.4.